The van der Waals surface area contributed by atoms with Crippen LogP contribution in [0.2, 0.25) is 10.0 Å². The van der Waals surface area contributed by atoms with Crippen molar-refractivity contribution in [3.8, 4) is 39.7 Å². The van der Waals surface area contributed by atoms with Crippen LogP contribution in [0.4, 0.5) is 5.82 Å². The molecule has 41 heavy (non-hydrogen) atoms. The summed E-state index contributed by atoms with van der Waals surface area (Å²) >= 11 is 12.1. The third-order valence-electron chi connectivity index (χ3n) is 6.28. The van der Waals surface area contributed by atoms with Crippen LogP contribution in [0.3, 0.4) is 0 Å². The molecule has 0 unspecified atom stereocenters. The molecule has 0 bridgehead atoms. The van der Waals surface area contributed by atoms with Crippen LogP contribution in [0.15, 0.2) is 96.0 Å². The first-order chi connectivity index (χ1) is 19.9. The van der Waals surface area contributed by atoms with Crippen LogP contribution in [0.25, 0.3) is 33.9 Å². The van der Waals surface area contributed by atoms with Crippen LogP contribution in [0, 0.1) is 0 Å². The monoisotopic (exact) mass is 607 g/mol. The molecule has 2 aromatic heterocycles. The summed E-state index contributed by atoms with van der Waals surface area (Å²) in [5.41, 5.74) is 4.40. The molecule has 0 saturated heterocycles. The van der Waals surface area contributed by atoms with Crippen molar-refractivity contribution in [2.24, 2.45) is 0 Å². The zero-order chi connectivity index (χ0) is 28.8. The molecule has 0 aliphatic heterocycles. The fraction of sp³-hybridized carbons (Fsp3) is 0.133. The summed E-state index contributed by atoms with van der Waals surface area (Å²) in [4.78, 5) is 12.8. The first-order valence-corrected chi connectivity index (χ1v) is 15.0. The lowest BCUT2D eigenvalue weighted by atomic mass is 10.1. The molecule has 0 radical (unpaired) electrons. The minimum absolute atomic E-state index is 0.0756. The van der Waals surface area contributed by atoms with E-state index in [1.807, 2.05) is 66.7 Å². The number of methoxy groups -OCH3 is 1. The second-order valence-corrected chi connectivity index (χ2v) is 11.6. The first-order valence-electron chi connectivity index (χ1n) is 12.8. The molecule has 210 valence electrons. The Bertz CT molecular complexity index is 1740. The van der Waals surface area contributed by atoms with E-state index in [-0.39, 0.29) is 21.5 Å². The number of halogens is 2. The molecule has 8 nitrogen and oxygen atoms in total. The van der Waals surface area contributed by atoms with Gasteiger partial charge in [0, 0.05) is 36.0 Å². The molecule has 5 aromatic rings. The van der Waals surface area contributed by atoms with Crippen LogP contribution in [-0.2, 0) is 10.0 Å². The van der Waals surface area contributed by atoms with Gasteiger partial charge in [-0.1, -0.05) is 71.7 Å². The number of ether oxygens (including phenoxy) is 1. The largest absolute Gasteiger partial charge is 0.497 e. The number of rotatable bonds is 11. The van der Waals surface area contributed by atoms with Crippen molar-refractivity contribution in [3.63, 3.8) is 0 Å². The van der Waals surface area contributed by atoms with Gasteiger partial charge >= 0.3 is 0 Å². The first kappa shape index (κ1) is 28.6. The molecule has 2 heterocycles. The van der Waals surface area contributed by atoms with Crippen molar-refractivity contribution in [3.05, 3.63) is 101 Å². The number of hydrogen-bond acceptors (Lipinski definition) is 6. The predicted octanol–water partition coefficient (Wildman–Crippen LogP) is 6.90. The maximum atomic E-state index is 12.7. The van der Waals surface area contributed by atoms with Gasteiger partial charge in [-0.05, 0) is 42.8 Å². The number of pyridine rings is 1. The molecule has 0 spiro atoms. The summed E-state index contributed by atoms with van der Waals surface area (Å²) < 4.78 is 33.3. The average molecular weight is 609 g/mol. The Kier molecular flexibility index (Phi) is 8.90. The van der Waals surface area contributed by atoms with Crippen molar-refractivity contribution in [1.82, 2.24) is 19.7 Å². The van der Waals surface area contributed by atoms with Gasteiger partial charge in [0.2, 0.25) is 10.0 Å². The lowest BCUT2D eigenvalue weighted by molar-refractivity contribution is 0.415. The number of sulfonamides is 1. The van der Waals surface area contributed by atoms with Crippen molar-refractivity contribution >= 4 is 39.0 Å². The Hall–Kier alpha value is -3.89. The Labute approximate surface area is 248 Å². The Morgan fingerprint density at radius 1 is 0.854 bits per heavy atom. The standard InChI is InChI=1S/C30H27Cl2N5O3S/c1-40-23-11-5-10-21(18-23)27-28(37-30(36-27)20-8-3-2-4-9-20)22-14-17-34-26(19-22)33-15-7-16-35-41(38,39)29-24(31)12-6-13-25(29)32/h2-6,8-14,17-19,35H,7,15-16H2,1H3,(H,33,34)(H,36,37). The van der Waals surface area contributed by atoms with E-state index in [1.54, 1.807) is 19.4 Å². The maximum absolute atomic E-state index is 12.7. The number of hydrogen-bond donors (Lipinski definition) is 3. The Balaban J connectivity index is 1.32. The summed E-state index contributed by atoms with van der Waals surface area (Å²) in [7, 11) is -2.21. The molecule has 0 amide bonds. The van der Waals surface area contributed by atoms with Gasteiger partial charge in [-0.2, -0.15) is 0 Å². The summed E-state index contributed by atoms with van der Waals surface area (Å²) in [6.45, 7) is 0.674. The number of anilines is 1. The quantitative estimate of drug-likeness (QED) is 0.141. The highest BCUT2D eigenvalue weighted by Gasteiger charge is 2.21. The summed E-state index contributed by atoms with van der Waals surface area (Å²) in [6.07, 6.45) is 2.22. The lowest BCUT2D eigenvalue weighted by Gasteiger charge is -2.11. The van der Waals surface area contributed by atoms with Crippen molar-refractivity contribution in [2.75, 3.05) is 25.5 Å². The number of aromatic amines is 1. The molecule has 0 aliphatic carbocycles. The fourth-order valence-electron chi connectivity index (χ4n) is 4.30. The van der Waals surface area contributed by atoms with Gasteiger partial charge in [0.15, 0.2) is 0 Å². The third kappa shape index (κ3) is 6.71. The minimum Gasteiger partial charge on any atom is -0.497 e. The van der Waals surface area contributed by atoms with Gasteiger partial charge in [0.05, 0.1) is 28.5 Å². The Morgan fingerprint density at radius 2 is 1.59 bits per heavy atom. The van der Waals surface area contributed by atoms with Crippen LogP contribution >= 0.6 is 23.2 Å². The highest BCUT2D eigenvalue weighted by Crippen LogP contribution is 2.35. The van der Waals surface area contributed by atoms with Crippen molar-refractivity contribution in [1.29, 1.82) is 0 Å². The van der Waals surface area contributed by atoms with E-state index in [9.17, 15) is 8.42 Å². The number of benzene rings is 3. The van der Waals surface area contributed by atoms with Gasteiger partial charge < -0.3 is 15.0 Å². The van der Waals surface area contributed by atoms with Gasteiger partial charge in [0.25, 0.3) is 0 Å². The van der Waals surface area contributed by atoms with E-state index in [0.717, 1.165) is 39.7 Å². The van der Waals surface area contributed by atoms with E-state index >= 15 is 0 Å². The number of nitrogens with one attached hydrogen (secondary N) is 3. The Morgan fingerprint density at radius 3 is 2.34 bits per heavy atom. The van der Waals surface area contributed by atoms with Crippen LogP contribution in [0.1, 0.15) is 6.42 Å². The molecule has 3 aromatic carbocycles. The van der Waals surface area contributed by atoms with Crippen molar-refractivity contribution in [2.45, 2.75) is 11.3 Å². The number of imidazole rings is 1. The van der Waals surface area contributed by atoms with Gasteiger partial charge in [-0.15, -0.1) is 0 Å². The van der Waals surface area contributed by atoms with Crippen molar-refractivity contribution < 1.29 is 13.2 Å². The van der Waals surface area contributed by atoms with E-state index in [2.05, 4.69) is 20.0 Å². The molecular weight excluding hydrogens is 581 g/mol. The lowest BCUT2D eigenvalue weighted by Crippen LogP contribution is -2.26. The molecule has 0 saturated carbocycles. The highest BCUT2D eigenvalue weighted by molar-refractivity contribution is 7.89. The maximum Gasteiger partial charge on any atom is 0.243 e. The third-order valence-corrected chi connectivity index (χ3v) is 8.70. The number of nitrogens with zero attached hydrogens (tertiary/aromatic N) is 2. The molecule has 11 heteroatoms. The second-order valence-electron chi connectivity index (χ2n) is 9.07. The SMILES string of the molecule is COc1cccc(-c2nc(-c3ccccc3)[nH]c2-c2ccnc(NCCCNS(=O)(=O)c3c(Cl)cccc3Cl)c2)c1. The van der Waals surface area contributed by atoms with E-state index in [1.165, 1.54) is 12.1 Å². The average Bonchev–Trinajstić information content (AvgIpc) is 3.43. The minimum atomic E-state index is -3.84. The van der Waals surface area contributed by atoms with Gasteiger partial charge in [0.1, 0.15) is 22.3 Å². The topological polar surface area (TPSA) is 109 Å². The molecule has 3 N–H and O–H groups in total. The second kappa shape index (κ2) is 12.7. The van der Waals surface area contributed by atoms with E-state index in [4.69, 9.17) is 32.9 Å². The molecular formula is C30H27Cl2N5O3S. The zero-order valence-corrected chi connectivity index (χ0v) is 24.4. The van der Waals surface area contributed by atoms with Crippen LogP contribution < -0.4 is 14.8 Å². The molecule has 0 fully saturated rings. The van der Waals surface area contributed by atoms with E-state index in [0.29, 0.717) is 18.8 Å². The van der Waals surface area contributed by atoms with E-state index < -0.39 is 10.0 Å². The van der Waals surface area contributed by atoms with Crippen LogP contribution in [0.5, 0.6) is 5.75 Å². The number of H-pyrrole nitrogens is 1. The summed E-state index contributed by atoms with van der Waals surface area (Å²) in [5, 5.41) is 3.42. The van der Waals surface area contributed by atoms with Gasteiger partial charge in [-0.3, -0.25) is 0 Å². The molecule has 0 aliphatic rings. The molecule has 0 atom stereocenters. The summed E-state index contributed by atoms with van der Waals surface area (Å²) in [6, 6.07) is 26.1. The van der Waals surface area contributed by atoms with Crippen LogP contribution in [-0.4, -0.2) is 43.6 Å². The highest BCUT2D eigenvalue weighted by atomic mass is 35.5. The summed E-state index contributed by atoms with van der Waals surface area (Å²) in [5.74, 6) is 2.13. The molecule has 5 rings (SSSR count). The van der Waals surface area contributed by atoms with Gasteiger partial charge in [-0.25, -0.2) is 23.1 Å². The predicted molar refractivity (Wildman–Crippen MR) is 164 cm³/mol. The zero-order valence-electron chi connectivity index (χ0n) is 22.1. The smallest absolute Gasteiger partial charge is 0.243 e. The normalized spacial score (nSPS) is 11.4. The fourth-order valence-corrected chi connectivity index (χ4v) is 6.51. The number of aromatic nitrogens is 3.